The third kappa shape index (κ3) is 5.91. The Balaban J connectivity index is 1.99. The quantitative estimate of drug-likeness (QED) is 0.412. The van der Waals surface area contributed by atoms with Crippen molar-refractivity contribution >= 4 is 8.93 Å². The summed E-state index contributed by atoms with van der Waals surface area (Å²) in [6, 6.07) is 10.8. The summed E-state index contributed by atoms with van der Waals surface area (Å²) in [6.45, 7) is 2.27. The molecule has 0 unspecified atom stereocenters. The fourth-order valence-corrected chi connectivity index (χ4v) is 5.89. The molecule has 1 rings (SSSR count). The van der Waals surface area contributed by atoms with Gasteiger partial charge < -0.3 is 0 Å². The number of benzene rings is 1. The van der Waals surface area contributed by atoms with Crippen LogP contribution in [0.25, 0.3) is 0 Å². The monoisotopic (exact) mass is 321 g/mol. The van der Waals surface area contributed by atoms with Gasteiger partial charge in [-0.05, 0) is 0 Å². The molecule has 14 heavy (non-hydrogen) atoms. The van der Waals surface area contributed by atoms with E-state index in [4.69, 9.17) is 0 Å². The standard InChI is InChI=1S/C12H18IS/c1-2-3-7-10-13-14-11-12-8-5-4-6-9-12/h4-6,8-9H,2-3,7,10-11H2,1H3/q-1. The molecule has 0 aromatic heterocycles. The summed E-state index contributed by atoms with van der Waals surface area (Å²) in [4.78, 5) is 0. The average Bonchev–Trinajstić information content (AvgIpc) is 2.25. The molecule has 1 aromatic carbocycles. The van der Waals surface area contributed by atoms with Crippen molar-refractivity contribution in [1.29, 1.82) is 0 Å². The predicted molar refractivity (Wildman–Crippen MR) is 62.1 cm³/mol. The van der Waals surface area contributed by atoms with Crippen molar-refractivity contribution in [3.8, 4) is 0 Å². The molecule has 0 nitrogen and oxygen atoms in total. The van der Waals surface area contributed by atoms with E-state index in [-0.39, 0.29) is 0 Å². The van der Waals surface area contributed by atoms with Gasteiger partial charge in [-0.3, -0.25) is 0 Å². The first-order valence-corrected chi connectivity index (χ1v) is 10.2. The summed E-state index contributed by atoms with van der Waals surface area (Å²) in [5.74, 6) is 1.22. The van der Waals surface area contributed by atoms with E-state index in [1.807, 2.05) is 0 Å². The molecule has 0 aliphatic rings. The topological polar surface area (TPSA) is 0 Å². The normalized spacial score (nSPS) is 10.6. The van der Waals surface area contributed by atoms with Crippen LogP contribution in [0.15, 0.2) is 30.3 Å². The first-order valence-electron chi connectivity index (χ1n) is 5.18. The van der Waals surface area contributed by atoms with E-state index < -0.39 is 0 Å². The second-order valence-corrected chi connectivity index (χ2v) is 8.78. The van der Waals surface area contributed by atoms with Crippen molar-refractivity contribution in [3.05, 3.63) is 35.9 Å². The summed E-state index contributed by atoms with van der Waals surface area (Å²) < 4.78 is 1.49. The van der Waals surface area contributed by atoms with Crippen molar-refractivity contribution in [1.82, 2.24) is 0 Å². The van der Waals surface area contributed by atoms with Crippen LogP contribution in [-0.4, -0.2) is 4.43 Å². The minimum atomic E-state index is 0.403. The third-order valence-electron chi connectivity index (χ3n) is 1.96. The summed E-state index contributed by atoms with van der Waals surface area (Å²) in [6.07, 6.45) is 4.23. The molecule has 0 N–H and O–H groups in total. The number of unbranched alkanes of at least 4 members (excludes halogenated alkanes) is 2. The van der Waals surface area contributed by atoms with E-state index >= 15 is 0 Å². The van der Waals surface area contributed by atoms with Gasteiger partial charge >= 0.3 is 101 Å². The van der Waals surface area contributed by atoms with E-state index in [2.05, 4.69) is 46.2 Å². The number of hydrogen-bond acceptors (Lipinski definition) is 1. The summed E-state index contributed by atoms with van der Waals surface area (Å²) in [7, 11) is 2.17. The first kappa shape index (κ1) is 12.4. The molecule has 2 heteroatoms. The number of halogens is 1. The van der Waals surface area contributed by atoms with Gasteiger partial charge in [0, 0.05) is 0 Å². The van der Waals surface area contributed by atoms with Crippen LogP contribution < -0.4 is 19.8 Å². The molecule has 0 bridgehead atoms. The zero-order valence-corrected chi connectivity index (χ0v) is 11.7. The van der Waals surface area contributed by atoms with Crippen LogP contribution in [0.3, 0.4) is 0 Å². The Hall–Kier alpha value is 0.300. The first-order chi connectivity index (χ1) is 6.93. The fraction of sp³-hybridized carbons (Fsp3) is 0.500. The summed E-state index contributed by atoms with van der Waals surface area (Å²) in [5.41, 5.74) is 1.48. The van der Waals surface area contributed by atoms with Crippen LogP contribution in [0.5, 0.6) is 0 Å². The molecule has 0 amide bonds. The molecule has 1 aromatic rings. The molecule has 0 aliphatic carbocycles. The van der Waals surface area contributed by atoms with Crippen LogP contribution in [0.2, 0.25) is 0 Å². The van der Waals surface area contributed by atoms with E-state index in [1.165, 1.54) is 35.0 Å². The Morgan fingerprint density at radius 1 is 1.14 bits per heavy atom. The van der Waals surface area contributed by atoms with Gasteiger partial charge in [0.1, 0.15) is 0 Å². The van der Waals surface area contributed by atoms with E-state index in [0.717, 1.165) is 0 Å². The van der Waals surface area contributed by atoms with Crippen LogP contribution in [-0.2, 0) is 5.75 Å². The Bertz CT molecular complexity index is 223. The van der Waals surface area contributed by atoms with Gasteiger partial charge in [0.05, 0.1) is 0 Å². The van der Waals surface area contributed by atoms with Gasteiger partial charge in [0.2, 0.25) is 0 Å². The SMILES string of the molecule is CCCCC[I-]SCc1ccccc1. The van der Waals surface area contributed by atoms with Crippen LogP contribution in [0.4, 0.5) is 0 Å². The van der Waals surface area contributed by atoms with Gasteiger partial charge in [-0.1, -0.05) is 0 Å². The maximum atomic E-state index is 2.27. The maximum absolute atomic E-state index is 2.27. The Labute approximate surface area is 101 Å². The van der Waals surface area contributed by atoms with E-state index in [9.17, 15) is 0 Å². The number of alkyl halides is 1. The number of rotatable bonds is 7. The molecule has 0 aliphatic heterocycles. The molecular weight excluding hydrogens is 303 g/mol. The molecule has 0 fully saturated rings. The molecule has 0 spiro atoms. The number of hydrogen-bond donors (Lipinski definition) is 0. The average molecular weight is 321 g/mol. The summed E-state index contributed by atoms with van der Waals surface area (Å²) in [5, 5.41) is 0. The Kier molecular flexibility index (Phi) is 7.59. The van der Waals surface area contributed by atoms with E-state index in [1.54, 1.807) is 0 Å². The summed E-state index contributed by atoms with van der Waals surface area (Å²) >= 11 is 0.403. The van der Waals surface area contributed by atoms with Crippen LogP contribution in [0, 0.1) is 0 Å². The predicted octanol–water partition coefficient (Wildman–Crippen LogP) is 1.11. The second-order valence-electron chi connectivity index (χ2n) is 3.24. The van der Waals surface area contributed by atoms with Gasteiger partial charge in [0.15, 0.2) is 0 Å². The van der Waals surface area contributed by atoms with Crippen LogP contribution in [0.1, 0.15) is 31.7 Å². The van der Waals surface area contributed by atoms with Gasteiger partial charge in [-0.25, -0.2) is 0 Å². The molecule has 0 radical (unpaired) electrons. The Morgan fingerprint density at radius 2 is 1.93 bits per heavy atom. The van der Waals surface area contributed by atoms with Crippen molar-refractivity contribution in [2.75, 3.05) is 4.43 Å². The third-order valence-corrected chi connectivity index (χ3v) is 7.05. The second kappa shape index (κ2) is 8.60. The zero-order valence-electron chi connectivity index (χ0n) is 8.71. The van der Waals surface area contributed by atoms with Gasteiger partial charge in [0.25, 0.3) is 0 Å². The molecule has 0 heterocycles. The molecule has 0 saturated heterocycles. The minimum absolute atomic E-state index is 0.403. The molecular formula is C12H18IS-. The molecule has 0 atom stereocenters. The van der Waals surface area contributed by atoms with Crippen molar-refractivity contribution in [2.45, 2.75) is 31.9 Å². The van der Waals surface area contributed by atoms with Gasteiger partial charge in [-0.15, -0.1) is 0 Å². The fourth-order valence-electron chi connectivity index (χ4n) is 1.13. The molecule has 80 valence electrons. The van der Waals surface area contributed by atoms with Gasteiger partial charge in [-0.2, -0.15) is 0 Å². The van der Waals surface area contributed by atoms with Crippen LogP contribution >= 0.6 is 8.93 Å². The molecule has 0 saturated carbocycles. The van der Waals surface area contributed by atoms with Crippen molar-refractivity contribution in [3.63, 3.8) is 0 Å². The van der Waals surface area contributed by atoms with Crippen molar-refractivity contribution < 1.29 is 19.8 Å². The van der Waals surface area contributed by atoms with Crippen molar-refractivity contribution in [2.24, 2.45) is 0 Å². The zero-order chi connectivity index (χ0) is 10.1. The van der Waals surface area contributed by atoms with E-state index in [0.29, 0.717) is 19.8 Å². The Morgan fingerprint density at radius 3 is 2.64 bits per heavy atom.